The van der Waals surface area contributed by atoms with E-state index in [9.17, 15) is 0 Å². The molecule has 0 saturated carbocycles. The lowest BCUT2D eigenvalue weighted by Crippen LogP contribution is -2.30. The highest BCUT2D eigenvalue weighted by Crippen LogP contribution is 2.37. The molecule has 0 bridgehead atoms. The number of hydrogen-bond acceptors (Lipinski definition) is 7. The molecule has 0 spiro atoms. The van der Waals surface area contributed by atoms with Gasteiger partial charge in [-0.25, -0.2) is 4.98 Å². The molecule has 7 nitrogen and oxygen atoms in total. The molecule has 1 aliphatic heterocycles. The van der Waals surface area contributed by atoms with Crippen molar-refractivity contribution in [1.82, 2.24) is 9.97 Å². The molecule has 0 radical (unpaired) electrons. The van der Waals surface area contributed by atoms with Gasteiger partial charge in [-0.05, 0) is 42.0 Å². The first-order chi connectivity index (χ1) is 15.2. The van der Waals surface area contributed by atoms with Gasteiger partial charge in [-0.1, -0.05) is 30.3 Å². The summed E-state index contributed by atoms with van der Waals surface area (Å²) in [5.74, 6) is 2.87. The minimum Gasteiger partial charge on any atom is -0.494 e. The maximum Gasteiger partial charge on any atom is 0.232 e. The van der Waals surface area contributed by atoms with Crippen LogP contribution in [0, 0.1) is 0 Å². The molecule has 2 heterocycles. The summed E-state index contributed by atoms with van der Waals surface area (Å²) in [6, 6.07) is 21.6. The summed E-state index contributed by atoms with van der Waals surface area (Å²) in [6.07, 6.45) is 0. The van der Waals surface area contributed by atoms with Crippen LogP contribution in [0.1, 0.15) is 5.56 Å². The molecule has 31 heavy (non-hydrogen) atoms. The van der Waals surface area contributed by atoms with Crippen molar-refractivity contribution >= 4 is 34.0 Å². The number of rotatable bonds is 5. The van der Waals surface area contributed by atoms with Crippen molar-refractivity contribution in [2.24, 2.45) is 0 Å². The van der Waals surface area contributed by atoms with Gasteiger partial charge < -0.3 is 25.4 Å². The highest BCUT2D eigenvalue weighted by molar-refractivity contribution is 5.94. The first-order valence-electron chi connectivity index (χ1n) is 10.2. The van der Waals surface area contributed by atoms with Crippen molar-refractivity contribution in [1.29, 1.82) is 0 Å². The first kappa shape index (κ1) is 19.0. The van der Waals surface area contributed by atoms with E-state index in [4.69, 9.17) is 25.2 Å². The number of fused-ring (bicyclic) bond motifs is 2. The van der Waals surface area contributed by atoms with E-state index in [0.29, 0.717) is 31.4 Å². The fourth-order valence-electron chi connectivity index (χ4n) is 3.80. The van der Waals surface area contributed by atoms with E-state index in [1.165, 1.54) is 0 Å². The van der Waals surface area contributed by atoms with Gasteiger partial charge in [0, 0.05) is 17.6 Å². The number of nitrogens with zero attached hydrogens (tertiary/aromatic N) is 3. The number of hydrogen-bond donors (Lipinski definition) is 2. The fraction of sp³-hybridized carbons (Fsp3) is 0.167. The van der Waals surface area contributed by atoms with Crippen molar-refractivity contribution in [3.05, 3.63) is 72.3 Å². The molecule has 0 amide bonds. The largest absolute Gasteiger partial charge is 0.494 e. The van der Waals surface area contributed by atoms with Crippen LogP contribution in [0.3, 0.4) is 0 Å². The summed E-state index contributed by atoms with van der Waals surface area (Å²) in [4.78, 5) is 11.9. The third-order valence-corrected chi connectivity index (χ3v) is 5.28. The van der Waals surface area contributed by atoms with Gasteiger partial charge in [-0.15, -0.1) is 0 Å². The summed E-state index contributed by atoms with van der Waals surface area (Å²) >= 11 is 0. The zero-order valence-corrected chi connectivity index (χ0v) is 17.2. The van der Waals surface area contributed by atoms with Crippen LogP contribution in [0.4, 0.5) is 23.1 Å². The van der Waals surface area contributed by atoms with Crippen molar-refractivity contribution in [3.8, 4) is 11.5 Å². The van der Waals surface area contributed by atoms with Gasteiger partial charge in [-0.2, -0.15) is 4.98 Å². The number of para-hydroxylation sites is 3. The topological polar surface area (TPSA) is 85.5 Å². The van der Waals surface area contributed by atoms with Gasteiger partial charge in [0.05, 0.1) is 19.3 Å². The van der Waals surface area contributed by atoms with Crippen LogP contribution in [-0.2, 0) is 6.54 Å². The molecule has 0 fully saturated rings. The SMILES string of the molecule is COc1cccc2c(NCc3cccc(N)c3)nc(N3CCOc4ccccc43)nc12. The average molecular weight is 413 g/mol. The van der Waals surface area contributed by atoms with Crippen LogP contribution in [0.15, 0.2) is 66.7 Å². The predicted molar refractivity (Wildman–Crippen MR) is 123 cm³/mol. The Hall–Kier alpha value is -4.00. The summed E-state index contributed by atoms with van der Waals surface area (Å²) in [5.41, 5.74) is 9.45. The number of nitrogens with one attached hydrogen (secondary N) is 1. The van der Waals surface area contributed by atoms with Gasteiger partial charge in [0.1, 0.15) is 29.4 Å². The van der Waals surface area contributed by atoms with E-state index in [1.807, 2.05) is 66.7 Å². The van der Waals surface area contributed by atoms with Crippen LogP contribution in [0.5, 0.6) is 11.5 Å². The van der Waals surface area contributed by atoms with E-state index in [1.54, 1.807) is 7.11 Å². The number of ether oxygens (including phenoxy) is 2. The summed E-state index contributed by atoms with van der Waals surface area (Å²) in [5, 5.41) is 4.36. The third-order valence-electron chi connectivity index (χ3n) is 5.28. The van der Waals surface area contributed by atoms with Crippen molar-refractivity contribution < 1.29 is 9.47 Å². The zero-order chi connectivity index (χ0) is 21.2. The maximum atomic E-state index is 5.93. The number of methoxy groups -OCH3 is 1. The second-order valence-electron chi connectivity index (χ2n) is 7.30. The molecule has 1 aromatic heterocycles. The van der Waals surface area contributed by atoms with Crippen molar-refractivity contribution in [2.75, 3.05) is 36.2 Å². The van der Waals surface area contributed by atoms with Gasteiger partial charge in [0.15, 0.2) is 0 Å². The third kappa shape index (κ3) is 3.66. The highest BCUT2D eigenvalue weighted by Gasteiger charge is 2.23. The molecule has 7 heteroatoms. The molecule has 3 aromatic carbocycles. The van der Waals surface area contributed by atoms with Gasteiger partial charge in [0.25, 0.3) is 0 Å². The lowest BCUT2D eigenvalue weighted by atomic mass is 10.2. The molecule has 0 saturated heterocycles. The molecule has 156 valence electrons. The highest BCUT2D eigenvalue weighted by atomic mass is 16.5. The molecule has 4 aromatic rings. The Labute approximate surface area is 180 Å². The first-order valence-corrected chi connectivity index (χ1v) is 10.2. The maximum absolute atomic E-state index is 5.93. The molecule has 3 N–H and O–H groups in total. The van der Waals surface area contributed by atoms with Crippen LogP contribution in [-0.4, -0.2) is 30.2 Å². The minimum atomic E-state index is 0.566. The smallest absolute Gasteiger partial charge is 0.232 e. The number of nitrogens with two attached hydrogens (primary N) is 1. The van der Waals surface area contributed by atoms with Crippen molar-refractivity contribution in [3.63, 3.8) is 0 Å². The quantitative estimate of drug-likeness (QED) is 0.470. The molecule has 0 atom stereocenters. The summed E-state index contributed by atoms with van der Waals surface area (Å²) < 4.78 is 11.4. The van der Waals surface area contributed by atoms with Gasteiger partial charge in [-0.3, -0.25) is 0 Å². The zero-order valence-electron chi connectivity index (χ0n) is 17.2. The lowest BCUT2D eigenvalue weighted by Gasteiger charge is -2.30. The second-order valence-corrected chi connectivity index (χ2v) is 7.30. The van der Waals surface area contributed by atoms with E-state index in [2.05, 4.69) is 10.2 Å². The average Bonchev–Trinajstić information content (AvgIpc) is 2.81. The Morgan fingerprint density at radius 3 is 2.81 bits per heavy atom. The molecule has 5 rings (SSSR count). The van der Waals surface area contributed by atoms with Crippen LogP contribution >= 0.6 is 0 Å². The Kier molecular flexibility index (Phi) is 4.92. The van der Waals surface area contributed by atoms with E-state index in [-0.39, 0.29) is 0 Å². The molecular weight excluding hydrogens is 390 g/mol. The molecule has 1 aliphatic rings. The fourth-order valence-corrected chi connectivity index (χ4v) is 3.80. The second kappa shape index (κ2) is 8.02. The number of aromatic nitrogens is 2. The molecule has 0 aliphatic carbocycles. The normalized spacial score (nSPS) is 12.9. The Morgan fingerprint density at radius 1 is 1.06 bits per heavy atom. The minimum absolute atomic E-state index is 0.566. The van der Waals surface area contributed by atoms with E-state index >= 15 is 0 Å². The Bertz CT molecular complexity index is 1240. The van der Waals surface area contributed by atoms with E-state index < -0.39 is 0 Å². The van der Waals surface area contributed by atoms with Gasteiger partial charge in [0.2, 0.25) is 5.95 Å². The van der Waals surface area contributed by atoms with Crippen LogP contribution in [0.2, 0.25) is 0 Å². The van der Waals surface area contributed by atoms with Crippen LogP contribution in [0.25, 0.3) is 10.9 Å². The van der Waals surface area contributed by atoms with E-state index in [0.717, 1.165) is 39.4 Å². The number of benzene rings is 3. The number of nitrogen functional groups attached to an aromatic ring is 1. The van der Waals surface area contributed by atoms with Crippen LogP contribution < -0.4 is 25.4 Å². The van der Waals surface area contributed by atoms with Crippen molar-refractivity contribution in [2.45, 2.75) is 6.54 Å². The monoisotopic (exact) mass is 413 g/mol. The summed E-state index contributed by atoms with van der Waals surface area (Å²) in [7, 11) is 1.65. The molecular formula is C24H23N5O2. The number of anilines is 4. The predicted octanol–water partition coefficient (Wildman–Crippen LogP) is 4.36. The Morgan fingerprint density at radius 2 is 1.94 bits per heavy atom. The molecule has 0 unspecified atom stereocenters. The van der Waals surface area contributed by atoms with Gasteiger partial charge >= 0.3 is 0 Å². The lowest BCUT2D eigenvalue weighted by molar-refractivity contribution is 0.313. The summed E-state index contributed by atoms with van der Waals surface area (Å²) in [6.45, 7) is 1.82. The Balaban J connectivity index is 1.60. The standard InChI is InChI=1S/C24H23N5O2/c1-30-21-11-5-8-18-22(21)27-24(29-12-13-31-20-10-3-2-9-19(20)29)28-23(18)26-15-16-6-4-7-17(25)14-16/h2-11,14H,12-13,15,25H2,1H3,(H,26,27,28).